The first-order chi connectivity index (χ1) is 8.38. The maximum Gasteiger partial charge on any atom is 0.303 e. The molecule has 0 aliphatic carbocycles. The van der Waals surface area contributed by atoms with Crippen LogP contribution in [-0.4, -0.2) is 23.0 Å². The Morgan fingerprint density at radius 3 is 2.33 bits per heavy atom. The van der Waals surface area contributed by atoms with Crippen molar-refractivity contribution in [2.24, 2.45) is 0 Å². The van der Waals surface area contributed by atoms with Crippen LogP contribution in [0.5, 0.6) is 0 Å². The molecule has 0 aromatic heterocycles. The second-order valence-corrected chi connectivity index (χ2v) is 4.84. The zero-order valence-corrected chi connectivity index (χ0v) is 11.3. The van der Waals surface area contributed by atoms with Crippen LogP contribution in [0.3, 0.4) is 0 Å². The van der Waals surface area contributed by atoms with Crippen molar-refractivity contribution in [3.8, 4) is 0 Å². The van der Waals surface area contributed by atoms with Crippen LogP contribution < -0.4 is 5.32 Å². The standard InChI is InChI=1S/C12H13Cl2NO3/c1-7(2-3-11(16)17)15-12(18)8-4-9(13)6-10(14)5-8/h4-7H,2-3H2,1H3,(H,15,18)(H,16,17). The van der Waals surface area contributed by atoms with Gasteiger partial charge in [0.2, 0.25) is 0 Å². The molecule has 1 aromatic carbocycles. The zero-order valence-electron chi connectivity index (χ0n) is 9.74. The Labute approximate surface area is 115 Å². The second kappa shape index (κ2) is 6.61. The second-order valence-electron chi connectivity index (χ2n) is 3.97. The van der Waals surface area contributed by atoms with E-state index in [1.54, 1.807) is 6.92 Å². The van der Waals surface area contributed by atoms with Crippen molar-refractivity contribution in [1.82, 2.24) is 5.32 Å². The SMILES string of the molecule is CC(CCC(=O)O)NC(=O)c1cc(Cl)cc(Cl)c1. The highest BCUT2D eigenvalue weighted by atomic mass is 35.5. The molecule has 0 fully saturated rings. The Balaban J connectivity index is 2.61. The van der Waals surface area contributed by atoms with Crippen LogP contribution in [0, 0.1) is 0 Å². The van der Waals surface area contributed by atoms with Gasteiger partial charge in [0.15, 0.2) is 0 Å². The summed E-state index contributed by atoms with van der Waals surface area (Å²) in [7, 11) is 0. The van der Waals surface area contributed by atoms with Crippen LogP contribution in [0.15, 0.2) is 18.2 Å². The number of benzene rings is 1. The van der Waals surface area contributed by atoms with Gasteiger partial charge in [0, 0.05) is 28.1 Å². The highest BCUT2D eigenvalue weighted by Gasteiger charge is 2.12. The summed E-state index contributed by atoms with van der Waals surface area (Å²) in [5.74, 6) is -1.21. The summed E-state index contributed by atoms with van der Waals surface area (Å²) >= 11 is 11.6. The number of carbonyl (C=O) groups excluding carboxylic acids is 1. The summed E-state index contributed by atoms with van der Waals surface area (Å²) in [6.45, 7) is 1.74. The molecule has 0 aliphatic rings. The number of carboxylic acid groups (broad SMARTS) is 1. The van der Waals surface area contributed by atoms with Crippen molar-refractivity contribution in [3.63, 3.8) is 0 Å². The number of halogens is 2. The number of carbonyl (C=O) groups is 2. The highest BCUT2D eigenvalue weighted by molar-refractivity contribution is 6.35. The minimum Gasteiger partial charge on any atom is -0.481 e. The van der Waals surface area contributed by atoms with Crippen molar-refractivity contribution in [1.29, 1.82) is 0 Å². The fourth-order valence-corrected chi connectivity index (χ4v) is 1.93. The third kappa shape index (κ3) is 4.94. The molecule has 0 heterocycles. The smallest absolute Gasteiger partial charge is 0.303 e. The molecule has 98 valence electrons. The van der Waals surface area contributed by atoms with Gasteiger partial charge in [-0.25, -0.2) is 0 Å². The lowest BCUT2D eigenvalue weighted by atomic mass is 10.1. The number of amides is 1. The molecule has 0 aliphatic heterocycles. The van der Waals surface area contributed by atoms with Gasteiger partial charge < -0.3 is 10.4 Å². The van der Waals surface area contributed by atoms with Crippen LogP contribution in [0.1, 0.15) is 30.1 Å². The average Bonchev–Trinajstić information content (AvgIpc) is 2.25. The third-order valence-corrected chi connectivity index (χ3v) is 2.73. The van der Waals surface area contributed by atoms with Gasteiger partial charge in [0.05, 0.1) is 0 Å². The third-order valence-electron chi connectivity index (χ3n) is 2.29. The molecule has 0 radical (unpaired) electrons. The minimum atomic E-state index is -0.887. The zero-order chi connectivity index (χ0) is 13.7. The summed E-state index contributed by atoms with van der Waals surface area (Å²) < 4.78 is 0. The van der Waals surface area contributed by atoms with E-state index in [0.29, 0.717) is 22.0 Å². The van der Waals surface area contributed by atoms with E-state index in [1.807, 2.05) is 0 Å². The van der Waals surface area contributed by atoms with E-state index in [2.05, 4.69) is 5.32 Å². The quantitative estimate of drug-likeness (QED) is 0.876. The lowest BCUT2D eigenvalue weighted by Gasteiger charge is -2.13. The van der Waals surface area contributed by atoms with Crippen molar-refractivity contribution >= 4 is 35.1 Å². The Morgan fingerprint density at radius 1 is 1.28 bits per heavy atom. The van der Waals surface area contributed by atoms with E-state index in [1.165, 1.54) is 18.2 Å². The van der Waals surface area contributed by atoms with Crippen LogP contribution in [0.2, 0.25) is 10.0 Å². The Hall–Kier alpha value is -1.26. The molecular weight excluding hydrogens is 277 g/mol. The van der Waals surface area contributed by atoms with E-state index < -0.39 is 5.97 Å². The summed E-state index contributed by atoms with van der Waals surface area (Å²) in [5, 5.41) is 12.0. The Morgan fingerprint density at radius 2 is 1.83 bits per heavy atom. The largest absolute Gasteiger partial charge is 0.481 e. The van der Waals surface area contributed by atoms with Crippen LogP contribution >= 0.6 is 23.2 Å². The fraction of sp³-hybridized carbons (Fsp3) is 0.333. The number of hydrogen-bond donors (Lipinski definition) is 2. The average molecular weight is 290 g/mol. The van der Waals surface area contributed by atoms with Gasteiger partial charge in [-0.3, -0.25) is 9.59 Å². The highest BCUT2D eigenvalue weighted by Crippen LogP contribution is 2.19. The fourth-order valence-electron chi connectivity index (χ4n) is 1.40. The van der Waals surface area contributed by atoms with Crippen molar-refractivity contribution in [2.45, 2.75) is 25.8 Å². The number of aliphatic carboxylic acids is 1. The number of hydrogen-bond acceptors (Lipinski definition) is 2. The molecule has 0 bridgehead atoms. The van der Waals surface area contributed by atoms with Gasteiger partial charge in [0.1, 0.15) is 0 Å². The molecule has 1 amide bonds. The summed E-state index contributed by atoms with van der Waals surface area (Å²) in [5.41, 5.74) is 0.356. The van der Waals surface area contributed by atoms with E-state index in [-0.39, 0.29) is 18.4 Å². The number of rotatable bonds is 5. The van der Waals surface area contributed by atoms with Crippen molar-refractivity contribution < 1.29 is 14.7 Å². The first-order valence-corrected chi connectivity index (χ1v) is 6.13. The van der Waals surface area contributed by atoms with Crippen molar-refractivity contribution in [2.75, 3.05) is 0 Å². The molecule has 6 heteroatoms. The molecule has 2 N–H and O–H groups in total. The summed E-state index contributed by atoms with van der Waals surface area (Å²) in [4.78, 5) is 22.2. The predicted octanol–water partition coefficient (Wildman–Crippen LogP) is 2.98. The molecule has 4 nitrogen and oxygen atoms in total. The molecule has 1 unspecified atom stereocenters. The van der Waals surface area contributed by atoms with E-state index in [4.69, 9.17) is 28.3 Å². The lowest BCUT2D eigenvalue weighted by molar-refractivity contribution is -0.137. The lowest BCUT2D eigenvalue weighted by Crippen LogP contribution is -2.32. The van der Waals surface area contributed by atoms with E-state index in [9.17, 15) is 9.59 Å². The molecule has 1 rings (SSSR count). The summed E-state index contributed by atoms with van der Waals surface area (Å²) in [6, 6.07) is 4.32. The Kier molecular flexibility index (Phi) is 5.44. The maximum atomic E-state index is 11.8. The molecule has 0 saturated carbocycles. The number of carboxylic acids is 1. The monoisotopic (exact) mass is 289 g/mol. The first kappa shape index (κ1) is 14.8. The van der Waals surface area contributed by atoms with Crippen LogP contribution in [0.25, 0.3) is 0 Å². The Bertz CT molecular complexity index is 442. The van der Waals surface area contributed by atoms with Gasteiger partial charge in [-0.05, 0) is 31.5 Å². The molecular formula is C12H13Cl2NO3. The van der Waals surface area contributed by atoms with Gasteiger partial charge in [-0.2, -0.15) is 0 Å². The maximum absolute atomic E-state index is 11.8. The number of nitrogens with one attached hydrogen (secondary N) is 1. The topological polar surface area (TPSA) is 66.4 Å². The van der Waals surface area contributed by atoms with E-state index in [0.717, 1.165) is 0 Å². The molecule has 18 heavy (non-hydrogen) atoms. The molecule has 1 atom stereocenters. The summed E-state index contributed by atoms with van der Waals surface area (Å²) in [6.07, 6.45) is 0.382. The minimum absolute atomic E-state index is 0.0117. The van der Waals surface area contributed by atoms with E-state index >= 15 is 0 Å². The molecule has 1 aromatic rings. The van der Waals surface area contributed by atoms with Gasteiger partial charge in [-0.1, -0.05) is 23.2 Å². The van der Waals surface area contributed by atoms with Crippen LogP contribution in [-0.2, 0) is 4.79 Å². The first-order valence-electron chi connectivity index (χ1n) is 5.37. The van der Waals surface area contributed by atoms with Gasteiger partial charge in [0.25, 0.3) is 5.91 Å². The molecule has 0 spiro atoms. The van der Waals surface area contributed by atoms with Gasteiger partial charge in [-0.15, -0.1) is 0 Å². The molecule has 0 saturated heterocycles. The van der Waals surface area contributed by atoms with Gasteiger partial charge >= 0.3 is 5.97 Å². The van der Waals surface area contributed by atoms with Crippen LogP contribution in [0.4, 0.5) is 0 Å². The van der Waals surface area contributed by atoms with Crippen molar-refractivity contribution in [3.05, 3.63) is 33.8 Å². The normalized spacial score (nSPS) is 11.9. The predicted molar refractivity (Wildman–Crippen MR) is 70.3 cm³/mol.